The third-order valence-electron chi connectivity index (χ3n) is 1.44. The second kappa shape index (κ2) is 4.05. The Balaban J connectivity index is 3.82. The van der Waals surface area contributed by atoms with E-state index < -0.39 is 8.07 Å². The van der Waals surface area contributed by atoms with Crippen LogP contribution in [0.4, 0.5) is 0 Å². The summed E-state index contributed by atoms with van der Waals surface area (Å²) in [6.45, 7) is 0. The van der Waals surface area contributed by atoms with E-state index in [-0.39, 0.29) is 24.6 Å². The van der Waals surface area contributed by atoms with Crippen LogP contribution in [0, 0.1) is 0 Å². The van der Waals surface area contributed by atoms with Crippen LogP contribution in [-0.2, 0) is 0 Å². The molecule has 0 aromatic heterocycles. The summed E-state index contributed by atoms with van der Waals surface area (Å²) in [5.74, 6) is 0.233. The highest BCUT2D eigenvalue weighted by atomic mass is 28.3. The summed E-state index contributed by atoms with van der Waals surface area (Å²) < 4.78 is 0. The molecule has 0 fully saturated rings. The molecule has 0 rings (SSSR count). The van der Waals surface area contributed by atoms with Crippen molar-refractivity contribution in [2.75, 3.05) is 18.7 Å². The van der Waals surface area contributed by atoms with Gasteiger partial charge in [-0.2, -0.15) is 0 Å². The molecule has 0 heterocycles. The third kappa shape index (κ3) is 2.10. The Morgan fingerprint density at radius 3 is 1.33 bits per heavy atom. The maximum Gasteiger partial charge on any atom is 0.132 e. The normalized spacial score (nSPS) is 11.9. The second-order valence-electron chi connectivity index (χ2n) is 2.18. The molecule has 0 aromatic rings. The molecule has 0 saturated carbocycles. The molecule has 3 nitrogen and oxygen atoms in total. The van der Waals surface area contributed by atoms with Crippen molar-refractivity contribution >= 4 is 15.9 Å². The van der Waals surface area contributed by atoms with Crippen molar-refractivity contribution < 1.29 is 15.3 Å². The summed E-state index contributed by atoms with van der Waals surface area (Å²) in [6.07, 6.45) is -0.427. The lowest BCUT2D eigenvalue weighted by atomic mass is 10.2. The molecule has 0 amide bonds. The lowest BCUT2D eigenvalue weighted by molar-refractivity contribution is 0.289. The predicted molar refractivity (Wildman–Crippen MR) is 37.6 cm³/mol. The van der Waals surface area contributed by atoms with E-state index in [1.54, 1.807) is 0 Å². The summed E-state index contributed by atoms with van der Waals surface area (Å²) in [5, 5.41) is 25.9. The van der Waals surface area contributed by atoms with Gasteiger partial charge in [0.1, 0.15) is 8.07 Å². The van der Waals surface area contributed by atoms with Crippen LogP contribution >= 0.6 is 0 Å². The molecular formula is C4H11BO3Si. The molecule has 52 valence electrons. The molecule has 0 saturated heterocycles. The van der Waals surface area contributed by atoms with Crippen molar-refractivity contribution in [3.05, 3.63) is 0 Å². The average molecular weight is 146 g/mol. The zero-order valence-electron chi connectivity index (χ0n) is 5.25. The zero-order chi connectivity index (χ0) is 7.33. The van der Waals surface area contributed by atoms with Crippen LogP contribution in [0.15, 0.2) is 0 Å². The summed E-state index contributed by atoms with van der Waals surface area (Å²) in [6, 6.07) is 0. The van der Waals surface area contributed by atoms with Crippen LogP contribution < -0.4 is 0 Å². The Morgan fingerprint density at radius 2 is 1.33 bits per heavy atom. The maximum atomic E-state index is 8.64. The molecule has 9 heavy (non-hydrogen) atoms. The van der Waals surface area contributed by atoms with Gasteiger partial charge in [0.25, 0.3) is 0 Å². The standard InChI is InChI=1S/C4H11BO3Si/c5-1-9(2-6,3-7)4-8/h6-8H,1-4H2. The highest BCUT2D eigenvalue weighted by molar-refractivity contribution is 6.83. The molecule has 0 aromatic carbocycles. The van der Waals surface area contributed by atoms with Crippen molar-refractivity contribution in [1.29, 1.82) is 0 Å². The van der Waals surface area contributed by atoms with Gasteiger partial charge >= 0.3 is 0 Å². The molecule has 2 radical (unpaired) electrons. The number of rotatable bonds is 4. The minimum Gasteiger partial charge on any atom is -0.399 e. The highest BCUT2D eigenvalue weighted by Gasteiger charge is 2.28. The monoisotopic (exact) mass is 146 g/mol. The number of aliphatic hydroxyl groups excluding tert-OH is 3. The lowest BCUT2D eigenvalue weighted by Gasteiger charge is -2.22. The Labute approximate surface area is 56.7 Å². The minimum atomic E-state index is -2.25. The van der Waals surface area contributed by atoms with Crippen molar-refractivity contribution in [2.24, 2.45) is 0 Å². The Morgan fingerprint density at radius 1 is 1.00 bits per heavy atom. The topological polar surface area (TPSA) is 60.7 Å². The third-order valence-corrected chi connectivity index (χ3v) is 4.32. The molecule has 5 heteroatoms. The van der Waals surface area contributed by atoms with Gasteiger partial charge < -0.3 is 15.3 Å². The molecular weight excluding hydrogens is 135 g/mol. The van der Waals surface area contributed by atoms with Gasteiger partial charge in [-0.3, -0.25) is 0 Å². The summed E-state index contributed by atoms with van der Waals surface area (Å²) >= 11 is 0. The van der Waals surface area contributed by atoms with Gasteiger partial charge in [0.05, 0.1) is 7.85 Å². The predicted octanol–water partition coefficient (Wildman–Crippen LogP) is -1.84. The molecule has 0 aliphatic carbocycles. The van der Waals surface area contributed by atoms with Crippen molar-refractivity contribution in [3.8, 4) is 0 Å². The fourth-order valence-electron chi connectivity index (χ4n) is 0.344. The van der Waals surface area contributed by atoms with Gasteiger partial charge in [0.15, 0.2) is 0 Å². The number of hydrogen-bond acceptors (Lipinski definition) is 3. The first-order valence-electron chi connectivity index (χ1n) is 2.77. The Bertz CT molecular complexity index is 58.7. The first-order chi connectivity index (χ1) is 4.24. The van der Waals surface area contributed by atoms with E-state index in [2.05, 4.69) is 0 Å². The molecule has 0 unspecified atom stereocenters. The van der Waals surface area contributed by atoms with E-state index >= 15 is 0 Å². The van der Waals surface area contributed by atoms with Crippen LogP contribution in [0.1, 0.15) is 0 Å². The molecule has 0 spiro atoms. The maximum absolute atomic E-state index is 8.64. The number of hydrogen-bond donors (Lipinski definition) is 3. The zero-order valence-corrected chi connectivity index (χ0v) is 6.25. The summed E-state index contributed by atoms with van der Waals surface area (Å²) in [5.41, 5.74) is 0. The molecule has 0 aliphatic heterocycles. The van der Waals surface area contributed by atoms with E-state index in [0.717, 1.165) is 0 Å². The smallest absolute Gasteiger partial charge is 0.132 e. The SMILES string of the molecule is [B]C[Si](CO)(CO)CO. The van der Waals surface area contributed by atoms with Gasteiger partial charge in [-0.15, -0.1) is 0 Å². The Kier molecular flexibility index (Phi) is 4.13. The highest BCUT2D eigenvalue weighted by Crippen LogP contribution is 2.02. The minimum absolute atomic E-state index is 0.142. The molecule has 0 aliphatic rings. The second-order valence-corrected chi connectivity index (χ2v) is 6.54. The Hall–Kier alpha value is 0.162. The van der Waals surface area contributed by atoms with Gasteiger partial charge in [-0.25, -0.2) is 0 Å². The van der Waals surface area contributed by atoms with Gasteiger partial charge in [-0.05, 0) is 0 Å². The van der Waals surface area contributed by atoms with Crippen molar-refractivity contribution in [2.45, 2.75) is 5.94 Å². The molecule has 0 atom stereocenters. The first-order valence-corrected chi connectivity index (χ1v) is 5.60. The largest absolute Gasteiger partial charge is 0.399 e. The molecule has 3 N–H and O–H groups in total. The van der Waals surface area contributed by atoms with E-state index in [4.69, 9.17) is 23.2 Å². The fourth-order valence-corrected chi connectivity index (χ4v) is 1.03. The van der Waals surface area contributed by atoms with E-state index in [1.165, 1.54) is 0 Å². The van der Waals surface area contributed by atoms with Crippen LogP contribution in [-0.4, -0.2) is 49.9 Å². The van der Waals surface area contributed by atoms with Gasteiger partial charge in [0.2, 0.25) is 0 Å². The number of aliphatic hydroxyl groups is 3. The van der Waals surface area contributed by atoms with Crippen LogP contribution in [0.25, 0.3) is 0 Å². The van der Waals surface area contributed by atoms with E-state index in [0.29, 0.717) is 0 Å². The van der Waals surface area contributed by atoms with Crippen LogP contribution in [0.2, 0.25) is 5.94 Å². The summed E-state index contributed by atoms with van der Waals surface area (Å²) in [7, 11) is 2.97. The lowest BCUT2D eigenvalue weighted by Crippen LogP contribution is -2.48. The van der Waals surface area contributed by atoms with Crippen molar-refractivity contribution in [1.82, 2.24) is 0 Å². The fraction of sp³-hybridized carbons (Fsp3) is 1.00. The first kappa shape index (κ1) is 9.16. The molecule has 0 bridgehead atoms. The van der Waals surface area contributed by atoms with Crippen LogP contribution in [0.3, 0.4) is 0 Å². The van der Waals surface area contributed by atoms with Gasteiger partial charge in [0, 0.05) is 18.7 Å². The average Bonchev–Trinajstić information content (AvgIpc) is 1.95. The van der Waals surface area contributed by atoms with E-state index in [1.807, 2.05) is 0 Å². The van der Waals surface area contributed by atoms with E-state index in [9.17, 15) is 0 Å². The van der Waals surface area contributed by atoms with Gasteiger partial charge in [-0.1, -0.05) is 5.94 Å². The van der Waals surface area contributed by atoms with Crippen molar-refractivity contribution in [3.63, 3.8) is 0 Å². The van der Waals surface area contributed by atoms with Crippen LogP contribution in [0.5, 0.6) is 0 Å². The quantitative estimate of drug-likeness (QED) is 0.408. The summed E-state index contributed by atoms with van der Waals surface area (Å²) in [4.78, 5) is 0.